The zero-order chi connectivity index (χ0) is 10.5. The van der Waals surface area contributed by atoms with Gasteiger partial charge in [-0.05, 0) is 18.9 Å². The number of anilines is 1. The van der Waals surface area contributed by atoms with Crippen LogP contribution in [0, 0.1) is 0 Å². The normalized spacial score (nSPS) is 18.1. The zero-order valence-corrected chi connectivity index (χ0v) is 9.06. The molecule has 4 heteroatoms. The highest BCUT2D eigenvalue weighted by Gasteiger charge is 2.13. The molecule has 1 aliphatic carbocycles. The van der Waals surface area contributed by atoms with Crippen LogP contribution in [0.25, 0.3) is 0 Å². The van der Waals surface area contributed by atoms with E-state index in [4.69, 9.17) is 10.5 Å². The van der Waals surface area contributed by atoms with Crippen molar-refractivity contribution >= 4 is 5.82 Å². The van der Waals surface area contributed by atoms with E-state index >= 15 is 0 Å². The summed E-state index contributed by atoms with van der Waals surface area (Å²) in [5.41, 5.74) is 5.52. The van der Waals surface area contributed by atoms with Gasteiger partial charge in [0.2, 0.25) is 0 Å². The van der Waals surface area contributed by atoms with Gasteiger partial charge in [-0.3, -0.25) is 4.68 Å². The molecule has 0 aromatic carbocycles. The molecular formula is C11H19N3O. The fourth-order valence-electron chi connectivity index (χ4n) is 2.05. The van der Waals surface area contributed by atoms with Crippen LogP contribution in [0.15, 0.2) is 12.3 Å². The summed E-state index contributed by atoms with van der Waals surface area (Å²) in [5, 5.41) is 4.11. The van der Waals surface area contributed by atoms with E-state index in [0.717, 1.165) is 13.2 Å². The number of ether oxygens (including phenoxy) is 1. The maximum absolute atomic E-state index is 5.79. The first-order valence-corrected chi connectivity index (χ1v) is 5.75. The molecule has 0 bridgehead atoms. The first kappa shape index (κ1) is 10.5. The van der Waals surface area contributed by atoms with Crippen LogP contribution in [0.4, 0.5) is 5.82 Å². The third-order valence-corrected chi connectivity index (χ3v) is 2.89. The Bertz CT molecular complexity index is 292. The van der Waals surface area contributed by atoms with Gasteiger partial charge in [0.15, 0.2) is 0 Å². The lowest BCUT2D eigenvalue weighted by Gasteiger charge is -2.21. The lowest BCUT2D eigenvalue weighted by Crippen LogP contribution is -2.19. The largest absolute Gasteiger partial charge is 0.382 e. The minimum atomic E-state index is 0.478. The monoisotopic (exact) mass is 209 g/mol. The van der Waals surface area contributed by atoms with Crippen molar-refractivity contribution in [3.8, 4) is 0 Å². The van der Waals surface area contributed by atoms with Crippen LogP contribution in [-0.2, 0) is 11.3 Å². The number of hydrogen-bond acceptors (Lipinski definition) is 3. The first-order chi connectivity index (χ1) is 7.34. The molecule has 0 amide bonds. The lowest BCUT2D eigenvalue weighted by molar-refractivity contribution is 0.0229. The summed E-state index contributed by atoms with van der Waals surface area (Å²) in [6.07, 6.45) is 8.82. The Hall–Kier alpha value is -1.03. The molecule has 0 aliphatic heterocycles. The van der Waals surface area contributed by atoms with E-state index in [0.29, 0.717) is 11.9 Å². The van der Waals surface area contributed by atoms with Crippen LogP contribution in [0.5, 0.6) is 0 Å². The van der Waals surface area contributed by atoms with Crippen molar-refractivity contribution in [2.75, 3.05) is 12.3 Å². The summed E-state index contributed by atoms with van der Waals surface area (Å²) < 4.78 is 7.63. The Labute approximate surface area is 90.4 Å². The van der Waals surface area contributed by atoms with Crippen LogP contribution in [0.1, 0.15) is 32.1 Å². The summed E-state index contributed by atoms with van der Waals surface area (Å²) in [4.78, 5) is 0. The molecule has 1 aromatic heterocycles. The van der Waals surface area contributed by atoms with E-state index in [1.807, 2.05) is 10.9 Å². The SMILES string of the molecule is Nc1ccn(CCOC2CCCCC2)n1. The Kier molecular flexibility index (Phi) is 3.61. The van der Waals surface area contributed by atoms with Gasteiger partial charge < -0.3 is 10.5 Å². The predicted octanol–water partition coefficient (Wildman–Crippen LogP) is 1.81. The molecule has 0 unspecified atom stereocenters. The summed E-state index contributed by atoms with van der Waals surface area (Å²) in [5.74, 6) is 0.577. The molecule has 0 spiro atoms. The lowest BCUT2D eigenvalue weighted by atomic mass is 9.98. The molecule has 1 saturated carbocycles. The average molecular weight is 209 g/mol. The van der Waals surface area contributed by atoms with Gasteiger partial charge in [-0.25, -0.2) is 0 Å². The molecule has 1 heterocycles. The molecule has 84 valence electrons. The fraction of sp³-hybridized carbons (Fsp3) is 0.727. The summed E-state index contributed by atoms with van der Waals surface area (Å²) in [7, 11) is 0. The van der Waals surface area contributed by atoms with Crippen molar-refractivity contribution in [3.05, 3.63) is 12.3 Å². The number of aromatic nitrogens is 2. The highest BCUT2D eigenvalue weighted by atomic mass is 16.5. The number of nitrogen functional groups attached to an aromatic ring is 1. The van der Waals surface area contributed by atoms with Gasteiger partial charge in [-0.2, -0.15) is 5.10 Å². The maximum atomic E-state index is 5.79. The quantitative estimate of drug-likeness (QED) is 0.822. The third kappa shape index (κ3) is 3.23. The van der Waals surface area contributed by atoms with Crippen molar-refractivity contribution in [1.29, 1.82) is 0 Å². The smallest absolute Gasteiger partial charge is 0.145 e. The molecule has 2 N–H and O–H groups in total. The minimum absolute atomic E-state index is 0.478. The predicted molar refractivity (Wildman–Crippen MR) is 59.5 cm³/mol. The van der Waals surface area contributed by atoms with Crippen molar-refractivity contribution in [2.45, 2.75) is 44.8 Å². The topological polar surface area (TPSA) is 53.1 Å². The van der Waals surface area contributed by atoms with Crippen molar-refractivity contribution < 1.29 is 4.74 Å². The van der Waals surface area contributed by atoms with Crippen LogP contribution in [0.3, 0.4) is 0 Å². The number of rotatable bonds is 4. The van der Waals surface area contributed by atoms with E-state index in [9.17, 15) is 0 Å². The van der Waals surface area contributed by atoms with Gasteiger partial charge in [-0.1, -0.05) is 19.3 Å². The van der Waals surface area contributed by atoms with Crippen molar-refractivity contribution in [3.63, 3.8) is 0 Å². The van der Waals surface area contributed by atoms with Gasteiger partial charge in [0, 0.05) is 6.20 Å². The molecule has 0 radical (unpaired) electrons. The van der Waals surface area contributed by atoms with Gasteiger partial charge >= 0.3 is 0 Å². The molecule has 0 atom stereocenters. The van der Waals surface area contributed by atoms with Crippen molar-refractivity contribution in [2.24, 2.45) is 0 Å². The summed E-state index contributed by atoms with van der Waals surface area (Å²) in [6.45, 7) is 1.54. The van der Waals surface area contributed by atoms with E-state index in [1.54, 1.807) is 6.07 Å². The van der Waals surface area contributed by atoms with Gasteiger partial charge in [0.05, 0.1) is 19.3 Å². The Morgan fingerprint density at radius 3 is 2.87 bits per heavy atom. The highest BCUT2D eigenvalue weighted by Crippen LogP contribution is 2.20. The Morgan fingerprint density at radius 2 is 2.20 bits per heavy atom. The Morgan fingerprint density at radius 1 is 1.40 bits per heavy atom. The summed E-state index contributed by atoms with van der Waals surface area (Å²) in [6, 6.07) is 1.81. The summed E-state index contributed by atoms with van der Waals surface area (Å²) >= 11 is 0. The van der Waals surface area contributed by atoms with Crippen LogP contribution in [0.2, 0.25) is 0 Å². The second kappa shape index (κ2) is 5.16. The molecule has 1 aliphatic rings. The first-order valence-electron chi connectivity index (χ1n) is 5.75. The molecular weight excluding hydrogens is 190 g/mol. The van der Waals surface area contributed by atoms with Gasteiger partial charge in [-0.15, -0.1) is 0 Å². The van der Waals surface area contributed by atoms with Crippen LogP contribution in [-0.4, -0.2) is 22.5 Å². The second-order valence-electron chi connectivity index (χ2n) is 4.13. The van der Waals surface area contributed by atoms with E-state index in [2.05, 4.69) is 5.10 Å². The van der Waals surface area contributed by atoms with E-state index in [-0.39, 0.29) is 0 Å². The molecule has 4 nitrogen and oxygen atoms in total. The van der Waals surface area contributed by atoms with E-state index < -0.39 is 0 Å². The minimum Gasteiger partial charge on any atom is -0.382 e. The molecule has 1 fully saturated rings. The Balaban J connectivity index is 1.65. The number of nitrogens with zero attached hydrogens (tertiary/aromatic N) is 2. The number of nitrogens with two attached hydrogens (primary N) is 1. The fourth-order valence-corrected chi connectivity index (χ4v) is 2.05. The molecule has 15 heavy (non-hydrogen) atoms. The van der Waals surface area contributed by atoms with Gasteiger partial charge in [0.25, 0.3) is 0 Å². The zero-order valence-electron chi connectivity index (χ0n) is 9.06. The maximum Gasteiger partial charge on any atom is 0.145 e. The molecule has 2 rings (SSSR count). The van der Waals surface area contributed by atoms with E-state index in [1.165, 1.54) is 32.1 Å². The average Bonchev–Trinajstić information content (AvgIpc) is 2.66. The second-order valence-corrected chi connectivity index (χ2v) is 4.13. The molecule has 0 saturated heterocycles. The molecule has 1 aromatic rings. The van der Waals surface area contributed by atoms with Gasteiger partial charge in [0.1, 0.15) is 5.82 Å². The number of hydrogen-bond donors (Lipinski definition) is 1. The standard InChI is InChI=1S/C11H19N3O/c12-11-6-7-14(13-11)8-9-15-10-4-2-1-3-5-10/h6-7,10H,1-5,8-9H2,(H2,12,13). The highest BCUT2D eigenvalue weighted by molar-refractivity contribution is 5.23. The van der Waals surface area contributed by atoms with Crippen molar-refractivity contribution in [1.82, 2.24) is 9.78 Å². The van der Waals surface area contributed by atoms with Crippen LogP contribution < -0.4 is 5.73 Å². The van der Waals surface area contributed by atoms with Crippen LogP contribution >= 0.6 is 0 Å². The third-order valence-electron chi connectivity index (χ3n) is 2.89.